The van der Waals surface area contributed by atoms with Gasteiger partial charge in [0.15, 0.2) is 0 Å². The maximum absolute atomic E-state index is 12.0. The standard InChI is InChI=1S/C13H24N2O2/c1-9-6-11(4-5-14-9)13(17)15-8-10-2-3-12(16)7-10/h9-12,14,16H,2-8H2,1H3,(H,15,17). The molecule has 2 rings (SSSR count). The zero-order chi connectivity index (χ0) is 12.3. The van der Waals surface area contributed by atoms with Gasteiger partial charge in [0, 0.05) is 18.5 Å². The van der Waals surface area contributed by atoms with E-state index < -0.39 is 0 Å². The number of carbonyl (C=O) groups is 1. The van der Waals surface area contributed by atoms with Crippen molar-refractivity contribution in [3.63, 3.8) is 0 Å². The minimum absolute atomic E-state index is 0.143. The number of piperidine rings is 1. The zero-order valence-electron chi connectivity index (χ0n) is 10.6. The van der Waals surface area contributed by atoms with Crippen molar-refractivity contribution in [3.05, 3.63) is 0 Å². The van der Waals surface area contributed by atoms with Crippen molar-refractivity contribution in [2.75, 3.05) is 13.1 Å². The van der Waals surface area contributed by atoms with Gasteiger partial charge in [-0.25, -0.2) is 0 Å². The van der Waals surface area contributed by atoms with Crippen LogP contribution in [0.5, 0.6) is 0 Å². The lowest BCUT2D eigenvalue weighted by molar-refractivity contribution is -0.126. The van der Waals surface area contributed by atoms with Gasteiger partial charge in [-0.1, -0.05) is 0 Å². The molecule has 4 unspecified atom stereocenters. The van der Waals surface area contributed by atoms with Crippen LogP contribution in [-0.2, 0) is 4.79 Å². The number of aliphatic hydroxyl groups excluding tert-OH is 1. The summed E-state index contributed by atoms with van der Waals surface area (Å²) in [6, 6.07) is 0.452. The molecule has 0 radical (unpaired) electrons. The number of nitrogens with one attached hydrogen (secondary N) is 2. The first kappa shape index (κ1) is 12.8. The monoisotopic (exact) mass is 240 g/mol. The molecule has 17 heavy (non-hydrogen) atoms. The molecule has 1 aliphatic heterocycles. The fraction of sp³-hybridized carbons (Fsp3) is 0.923. The van der Waals surface area contributed by atoms with E-state index in [1.54, 1.807) is 0 Å². The Balaban J connectivity index is 1.69. The summed E-state index contributed by atoms with van der Waals surface area (Å²) in [5, 5.41) is 15.8. The summed E-state index contributed by atoms with van der Waals surface area (Å²) in [5.74, 6) is 0.866. The van der Waals surface area contributed by atoms with Gasteiger partial charge in [-0.15, -0.1) is 0 Å². The Morgan fingerprint density at radius 3 is 2.82 bits per heavy atom. The highest BCUT2D eigenvalue weighted by molar-refractivity contribution is 5.78. The second kappa shape index (κ2) is 5.83. The van der Waals surface area contributed by atoms with Crippen molar-refractivity contribution in [2.45, 2.75) is 51.2 Å². The van der Waals surface area contributed by atoms with E-state index in [1.807, 2.05) is 0 Å². The Morgan fingerprint density at radius 2 is 2.18 bits per heavy atom. The van der Waals surface area contributed by atoms with Crippen LogP contribution in [0.25, 0.3) is 0 Å². The molecule has 4 nitrogen and oxygen atoms in total. The molecule has 0 aromatic carbocycles. The highest BCUT2D eigenvalue weighted by atomic mass is 16.3. The highest BCUT2D eigenvalue weighted by Crippen LogP contribution is 2.25. The van der Waals surface area contributed by atoms with Crippen LogP contribution >= 0.6 is 0 Å². The molecular formula is C13H24N2O2. The summed E-state index contributed by atoms with van der Waals surface area (Å²) in [4.78, 5) is 12.0. The first-order chi connectivity index (χ1) is 8.15. The van der Waals surface area contributed by atoms with Crippen LogP contribution in [-0.4, -0.2) is 36.2 Å². The Kier molecular flexibility index (Phi) is 4.40. The van der Waals surface area contributed by atoms with Crippen LogP contribution in [0.4, 0.5) is 0 Å². The number of aliphatic hydroxyl groups is 1. The number of hydrogen-bond donors (Lipinski definition) is 3. The molecule has 0 bridgehead atoms. The summed E-state index contributed by atoms with van der Waals surface area (Å²) >= 11 is 0. The summed E-state index contributed by atoms with van der Waals surface area (Å²) in [6.07, 6.45) is 4.54. The van der Waals surface area contributed by atoms with E-state index in [0.717, 1.165) is 45.2 Å². The van der Waals surface area contributed by atoms with E-state index >= 15 is 0 Å². The van der Waals surface area contributed by atoms with Gasteiger partial charge in [-0.05, 0) is 51.5 Å². The minimum Gasteiger partial charge on any atom is -0.393 e. The van der Waals surface area contributed by atoms with Crippen LogP contribution in [0.15, 0.2) is 0 Å². The number of carbonyl (C=O) groups excluding carboxylic acids is 1. The average molecular weight is 240 g/mol. The van der Waals surface area contributed by atoms with Crippen LogP contribution in [0.1, 0.15) is 39.0 Å². The lowest BCUT2D eigenvalue weighted by Gasteiger charge is -2.27. The second-order valence-corrected chi connectivity index (χ2v) is 5.65. The Morgan fingerprint density at radius 1 is 1.35 bits per heavy atom. The van der Waals surface area contributed by atoms with E-state index in [1.165, 1.54) is 0 Å². The topological polar surface area (TPSA) is 61.4 Å². The number of hydrogen-bond acceptors (Lipinski definition) is 3. The van der Waals surface area contributed by atoms with E-state index in [0.29, 0.717) is 12.0 Å². The summed E-state index contributed by atoms with van der Waals surface area (Å²) in [6.45, 7) is 3.82. The first-order valence-electron chi connectivity index (χ1n) is 6.84. The molecule has 2 aliphatic rings. The van der Waals surface area contributed by atoms with Crippen molar-refractivity contribution < 1.29 is 9.90 Å². The molecule has 1 amide bonds. The number of rotatable bonds is 3. The van der Waals surface area contributed by atoms with Gasteiger partial charge in [-0.2, -0.15) is 0 Å². The van der Waals surface area contributed by atoms with Gasteiger partial charge in [0.1, 0.15) is 0 Å². The molecule has 3 N–H and O–H groups in total. The molecular weight excluding hydrogens is 216 g/mol. The van der Waals surface area contributed by atoms with Crippen molar-refractivity contribution >= 4 is 5.91 Å². The fourth-order valence-electron chi connectivity index (χ4n) is 2.99. The van der Waals surface area contributed by atoms with Gasteiger partial charge in [-0.3, -0.25) is 4.79 Å². The molecule has 4 heteroatoms. The molecule has 2 fully saturated rings. The smallest absolute Gasteiger partial charge is 0.223 e. The minimum atomic E-state index is -0.143. The van der Waals surface area contributed by atoms with Gasteiger partial charge in [0.05, 0.1) is 6.10 Å². The summed E-state index contributed by atoms with van der Waals surface area (Å²) in [7, 11) is 0. The largest absolute Gasteiger partial charge is 0.393 e. The molecule has 1 aliphatic carbocycles. The van der Waals surface area contributed by atoms with Crippen LogP contribution in [0.2, 0.25) is 0 Å². The molecule has 1 saturated heterocycles. The first-order valence-corrected chi connectivity index (χ1v) is 6.84. The Labute approximate surface area is 103 Å². The van der Waals surface area contributed by atoms with E-state index in [9.17, 15) is 9.90 Å². The number of amides is 1. The van der Waals surface area contributed by atoms with Gasteiger partial charge >= 0.3 is 0 Å². The van der Waals surface area contributed by atoms with Gasteiger partial charge in [0.25, 0.3) is 0 Å². The lowest BCUT2D eigenvalue weighted by atomic mass is 9.92. The third kappa shape index (κ3) is 3.68. The van der Waals surface area contributed by atoms with Crippen LogP contribution in [0, 0.1) is 11.8 Å². The van der Waals surface area contributed by atoms with Crippen molar-refractivity contribution in [2.24, 2.45) is 11.8 Å². The van der Waals surface area contributed by atoms with E-state index in [2.05, 4.69) is 17.6 Å². The lowest BCUT2D eigenvalue weighted by Crippen LogP contribution is -2.43. The Hall–Kier alpha value is -0.610. The molecule has 1 heterocycles. The van der Waals surface area contributed by atoms with Crippen molar-refractivity contribution in [1.29, 1.82) is 0 Å². The van der Waals surface area contributed by atoms with Crippen LogP contribution in [0.3, 0.4) is 0 Å². The summed E-state index contributed by atoms with van der Waals surface area (Å²) in [5.41, 5.74) is 0. The highest BCUT2D eigenvalue weighted by Gasteiger charge is 2.27. The maximum atomic E-state index is 12.0. The molecule has 4 atom stereocenters. The van der Waals surface area contributed by atoms with E-state index in [4.69, 9.17) is 0 Å². The van der Waals surface area contributed by atoms with Crippen LogP contribution < -0.4 is 10.6 Å². The second-order valence-electron chi connectivity index (χ2n) is 5.65. The van der Waals surface area contributed by atoms with E-state index in [-0.39, 0.29) is 17.9 Å². The molecule has 0 spiro atoms. The Bertz CT molecular complexity index is 270. The van der Waals surface area contributed by atoms with Gasteiger partial charge < -0.3 is 15.7 Å². The third-order valence-corrected chi connectivity index (χ3v) is 4.07. The molecule has 0 aromatic heterocycles. The predicted molar refractivity (Wildman–Crippen MR) is 66.5 cm³/mol. The molecule has 1 saturated carbocycles. The molecule has 98 valence electrons. The fourth-order valence-corrected chi connectivity index (χ4v) is 2.99. The summed E-state index contributed by atoms with van der Waals surface area (Å²) < 4.78 is 0. The van der Waals surface area contributed by atoms with Crippen molar-refractivity contribution in [3.8, 4) is 0 Å². The molecule has 0 aromatic rings. The van der Waals surface area contributed by atoms with Crippen molar-refractivity contribution in [1.82, 2.24) is 10.6 Å². The predicted octanol–water partition coefficient (Wildman–Crippen LogP) is 0.652. The normalized spacial score (nSPS) is 38.0. The zero-order valence-corrected chi connectivity index (χ0v) is 10.6. The SMILES string of the molecule is CC1CC(C(=O)NCC2CCC(O)C2)CCN1. The van der Waals surface area contributed by atoms with Gasteiger partial charge in [0.2, 0.25) is 5.91 Å². The third-order valence-electron chi connectivity index (χ3n) is 4.07. The maximum Gasteiger partial charge on any atom is 0.223 e. The quantitative estimate of drug-likeness (QED) is 0.679. The average Bonchev–Trinajstić information content (AvgIpc) is 2.72.